The van der Waals surface area contributed by atoms with E-state index in [9.17, 15) is 0 Å². The van der Waals surface area contributed by atoms with Crippen molar-refractivity contribution in [3.8, 4) is 0 Å². The Morgan fingerprint density at radius 3 is 2.45 bits per heavy atom. The minimum atomic E-state index is -0.168. The van der Waals surface area contributed by atoms with E-state index >= 15 is 0 Å². The molecule has 0 bridgehead atoms. The van der Waals surface area contributed by atoms with E-state index < -0.39 is 0 Å². The monoisotopic (exact) mass is 161 g/mol. The molecule has 2 N–H and O–H groups in total. The predicted molar refractivity (Wildman–Crippen MR) is 45.3 cm³/mol. The molecule has 0 radical (unpaired) electrons. The molecule has 1 heterocycles. The van der Waals surface area contributed by atoms with Crippen LogP contribution in [0.5, 0.6) is 0 Å². The highest BCUT2D eigenvalue weighted by Crippen LogP contribution is 2.11. The molecule has 3 nitrogen and oxygen atoms in total. The van der Waals surface area contributed by atoms with Crippen LogP contribution in [0.4, 0.5) is 0 Å². The topological polar surface area (TPSA) is 44.5 Å². The van der Waals surface area contributed by atoms with Gasteiger partial charge in [0.2, 0.25) is 0 Å². The van der Waals surface area contributed by atoms with Crippen molar-refractivity contribution in [3.63, 3.8) is 0 Å². The quantitative estimate of drug-likeness (QED) is 0.627. The van der Waals surface area contributed by atoms with Gasteiger partial charge in [0.15, 0.2) is 6.29 Å². The van der Waals surface area contributed by atoms with Crippen molar-refractivity contribution in [3.05, 3.63) is 0 Å². The van der Waals surface area contributed by atoms with Gasteiger partial charge in [-0.3, -0.25) is 0 Å². The summed E-state index contributed by atoms with van der Waals surface area (Å²) in [4.78, 5) is 0. The van der Waals surface area contributed by atoms with Crippen molar-refractivity contribution >= 4 is 0 Å². The van der Waals surface area contributed by atoms with Crippen LogP contribution < -0.4 is 5.73 Å². The fraction of sp³-hybridized carbons (Fsp3) is 1.00. The van der Waals surface area contributed by atoms with Gasteiger partial charge >= 0.3 is 0 Å². The van der Waals surface area contributed by atoms with Gasteiger partial charge in [-0.25, -0.2) is 0 Å². The Kier molecular flexibility index (Phi) is 6.51. The maximum absolute atomic E-state index is 5.64. The van der Waals surface area contributed by atoms with Gasteiger partial charge in [-0.2, -0.15) is 0 Å². The maximum atomic E-state index is 5.64. The van der Waals surface area contributed by atoms with Crippen LogP contribution in [0.25, 0.3) is 0 Å². The van der Waals surface area contributed by atoms with Crippen molar-refractivity contribution in [2.45, 2.75) is 39.0 Å². The molecule has 0 aromatic heterocycles. The molecule has 3 heteroatoms. The standard InChI is InChI=1S/C6H13NO2.C2H6/c1-8-6-5(7)3-2-4-9-6;1-2/h5-6H,2-4,7H2,1H3;1-2H3. The first kappa shape index (κ1) is 10.9. The van der Waals surface area contributed by atoms with Crippen molar-refractivity contribution in [2.24, 2.45) is 5.73 Å². The molecule has 68 valence electrons. The van der Waals surface area contributed by atoms with Crippen LogP contribution in [-0.4, -0.2) is 26.0 Å². The first-order chi connectivity index (χ1) is 5.34. The third-order valence-electron chi connectivity index (χ3n) is 1.55. The fourth-order valence-electron chi connectivity index (χ4n) is 1.02. The number of hydrogen-bond donors (Lipinski definition) is 1. The molecular weight excluding hydrogens is 142 g/mol. The van der Waals surface area contributed by atoms with Gasteiger partial charge in [-0.1, -0.05) is 13.8 Å². The lowest BCUT2D eigenvalue weighted by atomic mass is 10.1. The highest BCUT2D eigenvalue weighted by molar-refractivity contribution is 4.69. The molecule has 2 unspecified atom stereocenters. The second-order valence-electron chi connectivity index (χ2n) is 2.28. The molecule has 1 saturated heterocycles. The minimum Gasteiger partial charge on any atom is -0.354 e. The lowest BCUT2D eigenvalue weighted by molar-refractivity contribution is -0.155. The molecule has 0 aromatic rings. The van der Waals surface area contributed by atoms with Crippen LogP contribution in [0.1, 0.15) is 26.7 Å². The SMILES string of the molecule is CC.COC1OCCCC1N. The first-order valence-electron chi connectivity index (χ1n) is 4.24. The van der Waals surface area contributed by atoms with Crippen molar-refractivity contribution in [2.75, 3.05) is 13.7 Å². The van der Waals surface area contributed by atoms with Gasteiger partial charge in [0.25, 0.3) is 0 Å². The molecule has 1 fully saturated rings. The van der Waals surface area contributed by atoms with Gasteiger partial charge in [-0.05, 0) is 12.8 Å². The average Bonchev–Trinajstić information content (AvgIpc) is 2.09. The maximum Gasteiger partial charge on any atom is 0.172 e. The molecule has 1 aliphatic rings. The van der Waals surface area contributed by atoms with E-state index in [1.165, 1.54) is 0 Å². The second kappa shape index (κ2) is 6.58. The van der Waals surface area contributed by atoms with Crippen molar-refractivity contribution in [1.29, 1.82) is 0 Å². The summed E-state index contributed by atoms with van der Waals surface area (Å²) in [6.45, 7) is 4.78. The number of hydrogen-bond acceptors (Lipinski definition) is 3. The Morgan fingerprint density at radius 1 is 1.45 bits per heavy atom. The van der Waals surface area contributed by atoms with Gasteiger partial charge in [0.05, 0.1) is 6.04 Å². The smallest absolute Gasteiger partial charge is 0.172 e. The van der Waals surface area contributed by atoms with E-state index in [4.69, 9.17) is 15.2 Å². The molecule has 11 heavy (non-hydrogen) atoms. The summed E-state index contributed by atoms with van der Waals surface area (Å²) in [5.74, 6) is 0. The van der Waals surface area contributed by atoms with Crippen LogP contribution >= 0.6 is 0 Å². The van der Waals surface area contributed by atoms with E-state index in [2.05, 4.69) is 0 Å². The fourth-order valence-corrected chi connectivity index (χ4v) is 1.02. The highest BCUT2D eigenvalue weighted by atomic mass is 16.7. The van der Waals surface area contributed by atoms with Crippen molar-refractivity contribution < 1.29 is 9.47 Å². The number of rotatable bonds is 1. The van der Waals surface area contributed by atoms with Gasteiger partial charge in [0.1, 0.15) is 0 Å². The Balaban J connectivity index is 0.000000461. The molecule has 0 amide bonds. The zero-order valence-electron chi connectivity index (χ0n) is 7.67. The zero-order valence-corrected chi connectivity index (χ0v) is 7.67. The molecule has 1 aliphatic heterocycles. The molecule has 0 saturated carbocycles. The van der Waals surface area contributed by atoms with Gasteiger partial charge < -0.3 is 15.2 Å². The van der Waals surface area contributed by atoms with Crippen LogP contribution in [0.3, 0.4) is 0 Å². The Labute approximate surface area is 68.9 Å². The number of ether oxygens (including phenoxy) is 2. The molecule has 0 aliphatic carbocycles. The van der Waals surface area contributed by atoms with E-state index in [0.29, 0.717) is 0 Å². The van der Waals surface area contributed by atoms with E-state index in [1.807, 2.05) is 13.8 Å². The number of methoxy groups -OCH3 is 1. The third-order valence-corrected chi connectivity index (χ3v) is 1.55. The minimum absolute atomic E-state index is 0.0729. The normalized spacial score (nSPS) is 30.5. The predicted octanol–water partition coefficient (Wildman–Crippen LogP) is 1.12. The summed E-state index contributed by atoms with van der Waals surface area (Å²) in [5.41, 5.74) is 5.64. The van der Waals surface area contributed by atoms with E-state index in [0.717, 1.165) is 19.4 Å². The third kappa shape index (κ3) is 3.70. The largest absolute Gasteiger partial charge is 0.354 e. The Hall–Kier alpha value is -0.120. The summed E-state index contributed by atoms with van der Waals surface area (Å²) in [6, 6.07) is 0.0729. The molecule has 1 rings (SSSR count). The summed E-state index contributed by atoms with van der Waals surface area (Å²) in [7, 11) is 1.62. The summed E-state index contributed by atoms with van der Waals surface area (Å²) < 4.78 is 10.1. The summed E-state index contributed by atoms with van der Waals surface area (Å²) in [6.07, 6.45) is 1.90. The van der Waals surface area contributed by atoms with Crippen LogP contribution in [0.2, 0.25) is 0 Å². The van der Waals surface area contributed by atoms with Crippen LogP contribution in [-0.2, 0) is 9.47 Å². The summed E-state index contributed by atoms with van der Waals surface area (Å²) >= 11 is 0. The zero-order chi connectivity index (χ0) is 8.69. The van der Waals surface area contributed by atoms with Gasteiger partial charge in [-0.15, -0.1) is 0 Å². The van der Waals surface area contributed by atoms with E-state index in [-0.39, 0.29) is 12.3 Å². The van der Waals surface area contributed by atoms with Gasteiger partial charge in [0, 0.05) is 13.7 Å². The van der Waals surface area contributed by atoms with Crippen LogP contribution in [0, 0.1) is 0 Å². The first-order valence-corrected chi connectivity index (χ1v) is 4.24. The molecular formula is C8H19NO2. The lowest BCUT2D eigenvalue weighted by Crippen LogP contribution is -2.41. The molecule has 0 spiro atoms. The lowest BCUT2D eigenvalue weighted by Gasteiger charge is -2.27. The molecule has 2 atom stereocenters. The average molecular weight is 161 g/mol. The second-order valence-corrected chi connectivity index (χ2v) is 2.28. The Morgan fingerprint density at radius 2 is 2.09 bits per heavy atom. The Bertz CT molecular complexity index is 88.2. The van der Waals surface area contributed by atoms with E-state index in [1.54, 1.807) is 7.11 Å². The highest BCUT2D eigenvalue weighted by Gasteiger charge is 2.21. The summed E-state index contributed by atoms with van der Waals surface area (Å²) in [5, 5.41) is 0. The number of nitrogens with two attached hydrogens (primary N) is 1. The van der Waals surface area contributed by atoms with Crippen LogP contribution in [0.15, 0.2) is 0 Å². The molecule has 0 aromatic carbocycles. The van der Waals surface area contributed by atoms with Crippen molar-refractivity contribution in [1.82, 2.24) is 0 Å².